The summed E-state index contributed by atoms with van der Waals surface area (Å²) in [5.74, 6) is 1.04. The highest BCUT2D eigenvalue weighted by molar-refractivity contribution is 7.89. The zero-order valence-electron chi connectivity index (χ0n) is 24.9. The Labute approximate surface area is 244 Å². The van der Waals surface area contributed by atoms with E-state index in [4.69, 9.17) is 9.73 Å². The van der Waals surface area contributed by atoms with Crippen LogP contribution in [0.1, 0.15) is 82.4 Å². The van der Waals surface area contributed by atoms with Crippen LogP contribution in [-0.2, 0) is 32.5 Å². The monoisotopic (exact) mass is 590 g/mol. The summed E-state index contributed by atoms with van der Waals surface area (Å²) < 4.78 is 33.5. The van der Waals surface area contributed by atoms with Crippen molar-refractivity contribution in [3.63, 3.8) is 0 Å². The smallest absolute Gasteiger partial charge is 0.410 e. The van der Waals surface area contributed by atoms with Crippen molar-refractivity contribution in [3.8, 4) is 0 Å². The van der Waals surface area contributed by atoms with Crippen LogP contribution in [0.15, 0.2) is 23.2 Å². The van der Waals surface area contributed by atoms with Gasteiger partial charge in [0.2, 0.25) is 10.0 Å². The van der Waals surface area contributed by atoms with Crippen LogP contribution in [0.2, 0.25) is 0 Å². The number of aryl methyl sites for hydroxylation is 2. The van der Waals surface area contributed by atoms with Crippen LogP contribution in [0.3, 0.4) is 0 Å². The van der Waals surface area contributed by atoms with Crippen molar-refractivity contribution in [2.45, 2.75) is 96.7 Å². The van der Waals surface area contributed by atoms with E-state index in [0.717, 1.165) is 48.2 Å². The molecule has 1 spiro atoms. The van der Waals surface area contributed by atoms with Crippen molar-refractivity contribution in [2.24, 2.45) is 10.9 Å². The third-order valence-electron chi connectivity index (χ3n) is 8.36. The van der Waals surface area contributed by atoms with Crippen LogP contribution in [-0.4, -0.2) is 83.7 Å². The Balaban J connectivity index is 1.33. The maximum absolute atomic E-state index is 13.2. The minimum absolute atomic E-state index is 0.0163. The molecule has 1 aliphatic carbocycles. The number of benzene rings is 1. The molecule has 2 aliphatic heterocycles. The van der Waals surface area contributed by atoms with E-state index < -0.39 is 27.3 Å². The third kappa shape index (κ3) is 7.87. The summed E-state index contributed by atoms with van der Waals surface area (Å²) in [6, 6.07) is 5.74. The average Bonchev–Trinajstić information content (AvgIpc) is 3.23. The molecule has 228 valence electrons. The standard InChI is InChI=1S/C30H46N4O6S/c1-22-20-23(21-33(17-18-35)28(37)40-29(2,3)4)10-11-24(22)12-19-41(38,39)34-15-13-30(14-16-34)27(36)31-26(32-30)25-8-6-5-7-9-25/h10-11,20,25,35H,5-9,12-19,21H2,1-4H3,(H,31,32,36). The molecule has 2 N–H and O–H groups in total. The van der Waals surface area contributed by atoms with Crippen molar-refractivity contribution >= 4 is 27.9 Å². The number of aliphatic hydroxyl groups excluding tert-OH is 1. The summed E-state index contributed by atoms with van der Waals surface area (Å²) in [5, 5.41) is 12.4. The molecule has 0 bridgehead atoms. The zero-order valence-corrected chi connectivity index (χ0v) is 25.8. The first kappa shape index (κ1) is 31.4. The Morgan fingerprint density at radius 1 is 1.20 bits per heavy atom. The van der Waals surface area contributed by atoms with E-state index in [9.17, 15) is 23.1 Å². The lowest BCUT2D eigenvalue weighted by Gasteiger charge is -2.34. The lowest BCUT2D eigenvalue weighted by Crippen LogP contribution is -2.51. The summed E-state index contributed by atoms with van der Waals surface area (Å²) in [6.07, 6.45) is 6.36. The van der Waals surface area contributed by atoms with Gasteiger partial charge in [-0.1, -0.05) is 37.5 Å². The van der Waals surface area contributed by atoms with Crippen LogP contribution in [0.25, 0.3) is 0 Å². The molecule has 41 heavy (non-hydrogen) atoms. The minimum Gasteiger partial charge on any atom is -0.444 e. The summed E-state index contributed by atoms with van der Waals surface area (Å²) in [7, 11) is -3.51. The van der Waals surface area contributed by atoms with E-state index in [-0.39, 0.29) is 31.4 Å². The minimum atomic E-state index is -3.51. The highest BCUT2D eigenvalue weighted by atomic mass is 32.2. The van der Waals surface area contributed by atoms with Gasteiger partial charge >= 0.3 is 6.09 Å². The van der Waals surface area contributed by atoms with Gasteiger partial charge < -0.3 is 20.1 Å². The summed E-state index contributed by atoms with van der Waals surface area (Å²) >= 11 is 0. The van der Waals surface area contributed by atoms with E-state index in [1.165, 1.54) is 15.6 Å². The third-order valence-corrected chi connectivity index (χ3v) is 10.2. The fourth-order valence-corrected chi connectivity index (χ4v) is 7.47. The number of hydrogen-bond donors (Lipinski definition) is 2. The topological polar surface area (TPSA) is 129 Å². The largest absolute Gasteiger partial charge is 0.444 e. The maximum atomic E-state index is 13.2. The second-order valence-corrected chi connectivity index (χ2v) is 14.8. The first-order valence-electron chi connectivity index (χ1n) is 14.9. The van der Waals surface area contributed by atoms with Gasteiger partial charge in [-0.15, -0.1) is 0 Å². The molecule has 2 heterocycles. The van der Waals surface area contributed by atoms with Gasteiger partial charge in [-0.3, -0.25) is 9.79 Å². The van der Waals surface area contributed by atoms with Crippen molar-refractivity contribution in [2.75, 3.05) is 32.0 Å². The highest BCUT2D eigenvalue weighted by Crippen LogP contribution is 2.35. The number of hydrogen-bond acceptors (Lipinski definition) is 7. The predicted octanol–water partition coefficient (Wildman–Crippen LogP) is 3.54. The molecule has 1 saturated carbocycles. The van der Waals surface area contributed by atoms with E-state index >= 15 is 0 Å². The van der Waals surface area contributed by atoms with Gasteiger partial charge in [0.25, 0.3) is 5.91 Å². The lowest BCUT2D eigenvalue weighted by atomic mass is 9.88. The van der Waals surface area contributed by atoms with Crippen LogP contribution in [0.4, 0.5) is 4.79 Å². The first-order chi connectivity index (χ1) is 19.3. The predicted molar refractivity (Wildman–Crippen MR) is 158 cm³/mol. The number of carbonyl (C=O) groups excluding carboxylic acids is 2. The number of carbonyl (C=O) groups is 2. The van der Waals surface area contributed by atoms with Gasteiger partial charge in [0, 0.05) is 32.1 Å². The Morgan fingerprint density at radius 3 is 2.49 bits per heavy atom. The van der Waals surface area contributed by atoms with Gasteiger partial charge in [0.05, 0.1) is 12.4 Å². The van der Waals surface area contributed by atoms with Crippen LogP contribution in [0, 0.1) is 12.8 Å². The number of sulfonamides is 1. The Kier molecular flexibility index (Phi) is 9.81. The molecular weight excluding hydrogens is 544 g/mol. The molecule has 4 rings (SSSR count). The normalized spacial score (nSPS) is 20.1. The second kappa shape index (κ2) is 12.8. The number of aliphatic hydroxyl groups is 1. The van der Waals surface area contributed by atoms with Crippen molar-refractivity contribution in [3.05, 3.63) is 34.9 Å². The van der Waals surface area contributed by atoms with Gasteiger partial charge in [-0.25, -0.2) is 17.5 Å². The average molecular weight is 591 g/mol. The highest BCUT2D eigenvalue weighted by Gasteiger charge is 2.48. The molecule has 11 heteroatoms. The van der Waals surface area contributed by atoms with Gasteiger partial charge in [-0.05, 0) is 76.5 Å². The first-order valence-corrected chi connectivity index (χ1v) is 16.5. The van der Waals surface area contributed by atoms with Crippen molar-refractivity contribution < 1.29 is 27.9 Å². The molecule has 0 atom stereocenters. The number of ether oxygens (including phenoxy) is 1. The Morgan fingerprint density at radius 2 is 1.88 bits per heavy atom. The lowest BCUT2D eigenvalue weighted by molar-refractivity contribution is -0.125. The van der Waals surface area contributed by atoms with E-state index in [0.29, 0.717) is 38.3 Å². The van der Waals surface area contributed by atoms with E-state index in [1.54, 1.807) is 20.8 Å². The van der Waals surface area contributed by atoms with Crippen LogP contribution in [0.5, 0.6) is 0 Å². The van der Waals surface area contributed by atoms with Gasteiger partial charge in [0.15, 0.2) is 0 Å². The quantitative estimate of drug-likeness (QED) is 0.453. The summed E-state index contributed by atoms with van der Waals surface area (Å²) in [4.78, 5) is 31.8. The molecule has 3 aliphatic rings. The number of aliphatic imine (C=N–C) groups is 1. The maximum Gasteiger partial charge on any atom is 0.410 e. The van der Waals surface area contributed by atoms with E-state index in [2.05, 4.69) is 5.32 Å². The molecule has 0 unspecified atom stereocenters. The number of rotatable bonds is 9. The van der Waals surface area contributed by atoms with E-state index in [1.807, 2.05) is 25.1 Å². The second-order valence-electron chi connectivity index (χ2n) is 12.7. The molecule has 2 fully saturated rings. The van der Waals surface area contributed by atoms with Gasteiger partial charge in [0.1, 0.15) is 17.0 Å². The SMILES string of the molecule is Cc1cc(CN(CCO)C(=O)OC(C)(C)C)ccc1CCS(=O)(=O)N1CCC2(CC1)N=C(C1CCCCC1)NC2=O. The number of amides is 2. The van der Waals surface area contributed by atoms with Crippen LogP contribution < -0.4 is 5.32 Å². The fraction of sp³-hybridized carbons (Fsp3) is 0.700. The fourth-order valence-electron chi connectivity index (χ4n) is 5.99. The molecule has 0 aromatic heterocycles. The van der Waals surface area contributed by atoms with Crippen molar-refractivity contribution in [1.82, 2.24) is 14.5 Å². The molecule has 2 amide bonds. The van der Waals surface area contributed by atoms with Crippen molar-refractivity contribution in [1.29, 1.82) is 0 Å². The summed E-state index contributed by atoms with van der Waals surface area (Å²) in [6.45, 7) is 8.16. The molecular formula is C30H46N4O6S. The molecule has 1 aromatic carbocycles. The number of piperidine rings is 1. The number of amidine groups is 1. The molecule has 1 aromatic rings. The summed E-state index contributed by atoms with van der Waals surface area (Å²) in [5.41, 5.74) is 1.27. The molecule has 1 saturated heterocycles. The Hall–Kier alpha value is -2.50. The molecule has 10 nitrogen and oxygen atoms in total. The number of nitrogens with one attached hydrogen (secondary N) is 1. The van der Waals surface area contributed by atoms with Crippen LogP contribution >= 0.6 is 0 Å². The molecule has 0 radical (unpaired) electrons. The number of nitrogens with zero attached hydrogens (tertiary/aromatic N) is 3. The Bertz CT molecular complexity index is 1240. The van der Waals surface area contributed by atoms with Gasteiger partial charge in [-0.2, -0.15) is 0 Å². The zero-order chi connectivity index (χ0) is 29.8.